The van der Waals surface area contributed by atoms with E-state index in [1.165, 1.54) is 44.9 Å². The molecule has 4 heteroatoms. The summed E-state index contributed by atoms with van der Waals surface area (Å²) in [5.41, 5.74) is 2.04. The number of aryl methyl sites for hydroxylation is 1. The Morgan fingerprint density at radius 3 is 2.43 bits per heavy atom. The summed E-state index contributed by atoms with van der Waals surface area (Å²) in [6, 6.07) is 7.03. The van der Waals surface area contributed by atoms with Gasteiger partial charge in [0, 0.05) is 0 Å². The third-order valence-electron chi connectivity index (χ3n) is 9.97. The van der Waals surface area contributed by atoms with Gasteiger partial charge in [-0.05, 0) is 111 Å². The van der Waals surface area contributed by atoms with Gasteiger partial charge in [-0.1, -0.05) is 38.0 Å². The molecule has 0 unspecified atom stereocenters. The maximum absolute atomic E-state index is 12.8. The molecule has 5 rings (SSSR count). The van der Waals surface area contributed by atoms with Crippen molar-refractivity contribution in [3.05, 3.63) is 29.8 Å². The SMILES string of the molecule is Cc1ccc(S(=O)(=O)O[C@@H]2CC[C@@]3(C)[C@H](CC[C@@H]4[C@@H]5CCC[C@@]5(C)CC[C@@H]43)C2)cc1. The molecule has 1 aromatic rings. The molecule has 4 fully saturated rings. The first-order valence-electron chi connectivity index (χ1n) is 12.2. The minimum Gasteiger partial charge on any atom is -0.263 e. The van der Waals surface area contributed by atoms with Crippen molar-refractivity contribution in [2.24, 2.45) is 34.5 Å². The Balaban J connectivity index is 1.30. The Kier molecular flexibility index (Phi) is 5.13. The van der Waals surface area contributed by atoms with Crippen molar-refractivity contribution >= 4 is 10.1 Å². The van der Waals surface area contributed by atoms with Gasteiger partial charge in [0.2, 0.25) is 0 Å². The van der Waals surface area contributed by atoms with Gasteiger partial charge in [0.05, 0.1) is 11.0 Å². The summed E-state index contributed by atoms with van der Waals surface area (Å²) >= 11 is 0. The first-order chi connectivity index (χ1) is 14.2. The molecule has 0 aliphatic heterocycles. The van der Waals surface area contributed by atoms with Crippen molar-refractivity contribution in [3.8, 4) is 0 Å². The van der Waals surface area contributed by atoms with Crippen LogP contribution in [0.15, 0.2) is 29.2 Å². The van der Waals surface area contributed by atoms with Gasteiger partial charge < -0.3 is 0 Å². The highest BCUT2D eigenvalue weighted by Crippen LogP contribution is 2.66. The van der Waals surface area contributed by atoms with Gasteiger partial charge >= 0.3 is 0 Å². The molecule has 3 nitrogen and oxygen atoms in total. The molecule has 166 valence electrons. The average molecular weight is 431 g/mol. The molecular weight excluding hydrogens is 392 g/mol. The van der Waals surface area contributed by atoms with Crippen LogP contribution in [0.1, 0.15) is 83.6 Å². The topological polar surface area (TPSA) is 43.4 Å². The van der Waals surface area contributed by atoms with Crippen molar-refractivity contribution in [1.29, 1.82) is 0 Å². The van der Waals surface area contributed by atoms with E-state index in [0.29, 0.717) is 16.7 Å². The van der Waals surface area contributed by atoms with E-state index in [9.17, 15) is 8.42 Å². The summed E-state index contributed by atoms with van der Waals surface area (Å²) < 4.78 is 31.4. The van der Waals surface area contributed by atoms with Crippen molar-refractivity contribution in [1.82, 2.24) is 0 Å². The predicted octanol–water partition coefficient (Wildman–Crippen LogP) is 6.50. The van der Waals surface area contributed by atoms with Crippen LogP contribution < -0.4 is 0 Å². The Morgan fingerprint density at radius 1 is 0.900 bits per heavy atom. The van der Waals surface area contributed by atoms with Gasteiger partial charge in [0.1, 0.15) is 0 Å². The lowest BCUT2D eigenvalue weighted by molar-refractivity contribution is -0.117. The minimum absolute atomic E-state index is 0.161. The van der Waals surface area contributed by atoms with Gasteiger partial charge in [-0.25, -0.2) is 0 Å². The van der Waals surface area contributed by atoms with Gasteiger partial charge in [-0.3, -0.25) is 4.18 Å². The van der Waals surface area contributed by atoms with Crippen LogP contribution in [0.25, 0.3) is 0 Å². The van der Waals surface area contributed by atoms with E-state index in [1.54, 1.807) is 12.1 Å². The van der Waals surface area contributed by atoms with Crippen molar-refractivity contribution in [2.75, 3.05) is 0 Å². The molecule has 0 heterocycles. The third kappa shape index (κ3) is 3.37. The van der Waals surface area contributed by atoms with Gasteiger partial charge in [0.25, 0.3) is 10.1 Å². The second-order valence-electron chi connectivity index (χ2n) is 11.5. The van der Waals surface area contributed by atoms with Crippen LogP contribution >= 0.6 is 0 Å². The lowest BCUT2D eigenvalue weighted by atomic mass is 9.45. The van der Waals surface area contributed by atoms with Gasteiger partial charge in [0.15, 0.2) is 0 Å². The molecular formula is C26H38O3S. The van der Waals surface area contributed by atoms with Crippen LogP contribution in [0.3, 0.4) is 0 Å². The number of hydrogen-bond donors (Lipinski definition) is 0. The molecule has 0 radical (unpaired) electrons. The van der Waals surface area contributed by atoms with E-state index >= 15 is 0 Å². The Labute approximate surface area is 183 Å². The average Bonchev–Trinajstić information content (AvgIpc) is 3.10. The van der Waals surface area contributed by atoms with Crippen molar-refractivity contribution in [3.63, 3.8) is 0 Å². The van der Waals surface area contributed by atoms with Gasteiger partial charge in [-0.2, -0.15) is 8.42 Å². The first kappa shape index (κ1) is 21.0. The zero-order valence-corrected chi connectivity index (χ0v) is 19.7. The molecule has 0 aromatic heterocycles. The standard InChI is InChI=1S/C26H38O3S/c1-18-6-9-21(10-7-18)30(27,28)29-20-12-16-26(3)19(17-20)8-11-22-23-5-4-14-25(23,2)15-13-24(22)26/h6-7,9-10,19-20,22-24H,4-5,8,11-17H2,1-3H3/t19-,20-,22-,23+,24+,25+,26+/m1/s1. The number of benzene rings is 1. The fourth-order valence-electron chi connectivity index (χ4n) is 8.24. The first-order valence-corrected chi connectivity index (χ1v) is 13.6. The van der Waals surface area contributed by atoms with Crippen LogP contribution in [0.4, 0.5) is 0 Å². The second-order valence-corrected chi connectivity index (χ2v) is 13.1. The van der Waals surface area contributed by atoms with E-state index in [-0.39, 0.29) is 11.0 Å². The zero-order valence-electron chi connectivity index (χ0n) is 18.9. The molecule has 0 saturated heterocycles. The molecule has 4 aliphatic rings. The summed E-state index contributed by atoms with van der Waals surface area (Å²) in [4.78, 5) is 0.290. The zero-order chi connectivity index (χ0) is 21.1. The fraction of sp³-hybridized carbons (Fsp3) is 0.769. The quantitative estimate of drug-likeness (QED) is 0.514. The molecule has 1 aromatic carbocycles. The fourth-order valence-corrected chi connectivity index (χ4v) is 9.35. The normalized spacial score (nSPS) is 43.5. The molecule has 0 bridgehead atoms. The monoisotopic (exact) mass is 430 g/mol. The number of rotatable bonds is 3. The van der Waals surface area contributed by atoms with Crippen LogP contribution in [0.2, 0.25) is 0 Å². The third-order valence-corrected chi connectivity index (χ3v) is 11.3. The van der Waals surface area contributed by atoms with Gasteiger partial charge in [-0.15, -0.1) is 0 Å². The van der Waals surface area contributed by atoms with E-state index in [4.69, 9.17) is 4.18 Å². The largest absolute Gasteiger partial charge is 0.297 e. The highest BCUT2D eigenvalue weighted by Gasteiger charge is 2.58. The van der Waals surface area contributed by atoms with Crippen molar-refractivity contribution < 1.29 is 12.6 Å². The summed E-state index contributed by atoms with van der Waals surface area (Å²) in [6.45, 7) is 7.07. The highest BCUT2D eigenvalue weighted by molar-refractivity contribution is 7.86. The van der Waals surface area contributed by atoms with Crippen molar-refractivity contribution in [2.45, 2.75) is 96.0 Å². The lowest BCUT2D eigenvalue weighted by Crippen LogP contribution is -2.53. The van der Waals surface area contributed by atoms with Crippen LogP contribution in [-0.4, -0.2) is 14.5 Å². The molecule has 0 amide bonds. The smallest absolute Gasteiger partial charge is 0.263 e. The lowest BCUT2D eigenvalue weighted by Gasteiger charge is -2.60. The number of fused-ring (bicyclic) bond motifs is 5. The van der Waals surface area contributed by atoms with Crippen LogP contribution in [0.5, 0.6) is 0 Å². The van der Waals surface area contributed by atoms with E-state index in [2.05, 4.69) is 13.8 Å². The highest BCUT2D eigenvalue weighted by atomic mass is 32.2. The van der Waals surface area contributed by atoms with Crippen LogP contribution in [0, 0.1) is 41.4 Å². The maximum Gasteiger partial charge on any atom is 0.297 e. The number of hydrogen-bond acceptors (Lipinski definition) is 3. The van der Waals surface area contributed by atoms with E-state index in [0.717, 1.165) is 42.6 Å². The summed E-state index contributed by atoms with van der Waals surface area (Å²) in [5.74, 6) is 3.28. The Bertz CT molecular complexity index is 891. The Morgan fingerprint density at radius 2 is 1.67 bits per heavy atom. The minimum atomic E-state index is -3.68. The Hall–Kier alpha value is -0.870. The maximum atomic E-state index is 12.8. The second kappa shape index (κ2) is 7.33. The molecule has 0 N–H and O–H groups in total. The van der Waals surface area contributed by atoms with E-state index in [1.807, 2.05) is 19.1 Å². The molecule has 7 atom stereocenters. The summed E-state index contributed by atoms with van der Waals surface area (Å²) in [6.07, 6.45) is 12.5. The van der Waals surface area contributed by atoms with Crippen LogP contribution in [-0.2, 0) is 14.3 Å². The summed E-state index contributed by atoms with van der Waals surface area (Å²) in [7, 11) is -3.68. The van der Waals surface area contributed by atoms with E-state index < -0.39 is 10.1 Å². The molecule has 4 aliphatic carbocycles. The molecule has 4 saturated carbocycles. The molecule has 0 spiro atoms. The molecule has 30 heavy (non-hydrogen) atoms. The predicted molar refractivity (Wildman–Crippen MR) is 120 cm³/mol. The summed E-state index contributed by atoms with van der Waals surface area (Å²) in [5, 5.41) is 0.